The molecule has 7 heteroatoms. The van der Waals surface area contributed by atoms with E-state index >= 15 is 0 Å². The van der Waals surface area contributed by atoms with Crippen LogP contribution in [0.25, 0.3) is 0 Å². The molecule has 0 spiro atoms. The second kappa shape index (κ2) is 7.38. The minimum atomic E-state index is -0.0499. The van der Waals surface area contributed by atoms with Gasteiger partial charge in [-0.3, -0.25) is 0 Å². The van der Waals surface area contributed by atoms with Gasteiger partial charge in [-0.15, -0.1) is 0 Å². The van der Waals surface area contributed by atoms with E-state index in [2.05, 4.69) is 31.8 Å². The van der Waals surface area contributed by atoms with Gasteiger partial charge in [0.1, 0.15) is 0 Å². The highest BCUT2D eigenvalue weighted by Crippen LogP contribution is 2.42. The third-order valence-corrected chi connectivity index (χ3v) is 6.28. The fourth-order valence-corrected chi connectivity index (χ4v) is 4.15. The molecule has 126 valence electrons. The molecule has 2 aliphatic rings. The van der Waals surface area contributed by atoms with Gasteiger partial charge in [-0.1, -0.05) is 6.42 Å². The van der Waals surface area contributed by atoms with E-state index in [1.54, 1.807) is 12.4 Å². The summed E-state index contributed by atoms with van der Waals surface area (Å²) >= 11 is 1.88. The van der Waals surface area contributed by atoms with Crippen LogP contribution in [-0.2, 0) is 0 Å². The maximum atomic E-state index is 12.2. The number of hydrogen-bond donors (Lipinski definition) is 2. The SMILES string of the molecule is CSC1(CNC(=O)N[C@H]2CCCN(c3ncccn3)C2)CCC1. The largest absolute Gasteiger partial charge is 0.339 e. The van der Waals surface area contributed by atoms with Gasteiger partial charge in [-0.2, -0.15) is 11.8 Å². The number of amides is 2. The maximum Gasteiger partial charge on any atom is 0.315 e. The Kier molecular flexibility index (Phi) is 5.25. The number of hydrogen-bond acceptors (Lipinski definition) is 5. The Morgan fingerprint density at radius 2 is 2.17 bits per heavy atom. The zero-order valence-corrected chi connectivity index (χ0v) is 14.4. The number of thioether (sulfide) groups is 1. The monoisotopic (exact) mass is 335 g/mol. The predicted molar refractivity (Wildman–Crippen MR) is 93.9 cm³/mol. The molecule has 2 N–H and O–H groups in total. The molecule has 3 rings (SSSR count). The van der Waals surface area contributed by atoms with Gasteiger partial charge in [0.25, 0.3) is 0 Å². The first-order valence-corrected chi connectivity index (χ1v) is 9.55. The fraction of sp³-hybridized carbons (Fsp3) is 0.688. The number of rotatable bonds is 5. The highest BCUT2D eigenvalue weighted by molar-refractivity contribution is 8.00. The summed E-state index contributed by atoms with van der Waals surface area (Å²) in [5.74, 6) is 0.746. The Balaban J connectivity index is 1.46. The molecule has 2 heterocycles. The third-order valence-electron chi connectivity index (χ3n) is 4.86. The Bertz CT molecular complexity index is 517. The number of urea groups is 1. The van der Waals surface area contributed by atoms with E-state index in [0.29, 0.717) is 0 Å². The molecule has 6 nitrogen and oxygen atoms in total. The molecule has 1 atom stereocenters. The van der Waals surface area contributed by atoms with E-state index in [0.717, 1.165) is 38.4 Å². The summed E-state index contributed by atoms with van der Waals surface area (Å²) in [7, 11) is 0. The van der Waals surface area contributed by atoms with Crippen LogP contribution in [0.2, 0.25) is 0 Å². The minimum Gasteiger partial charge on any atom is -0.339 e. The average Bonchev–Trinajstić information content (AvgIpc) is 2.55. The molecule has 1 saturated heterocycles. The first-order chi connectivity index (χ1) is 11.2. The number of carbonyl (C=O) groups excluding carboxylic acids is 1. The first kappa shape index (κ1) is 16.4. The van der Waals surface area contributed by atoms with E-state index in [-0.39, 0.29) is 16.8 Å². The van der Waals surface area contributed by atoms with E-state index in [1.807, 2.05) is 17.8 Å². The average molecular weight is 335 g/mol. The lowest BCUT2D eigenvalue weighted by Crippen LogP contribution is -2.53. The summed E-state index contributed by atoms with van der Waals surface area (Å²) in [5, 5.41) is 6.16. The minimum absolute atomic E-state index is 0.0499. The van der Waals surface area contributed by atoms with Crippen LogP contribution in [0.1, 0.15) is 32.1 Å². The Hall–Kier alpha value is -1.50. The van der Waals surface area contributed by atoms with Crippen molar-refractivity contribution in [1.82, 2.24) is 20.6 Å². The number of nitrogens with one attached hydrogen (secondary N) is 2. The van der Waals surface area contributed by atoms with E-state index in [4.69, 9.17) is 0 Å². The summed E-state index contributed by atoms with van der Waals surface area (Å²) < 4.78 is 0.272. The van der Waals surface area contributed by atoms with Crippen molar-refractivity contribution < 1.29 is 4.79 Å². The summed E-state index contributed by atoms with van der Waals surface area (Å²) in [6, 6.07) is 1.92. The fourth-order valence-electron chi connectivity index (χ4n) is 3.23. The molecule has 1 aromatic rings. The molecular weight excluding hydrogens is 310 g/mol. The highest BCUT2D eigenvalue weighted by atomic mass is 32.2. The van der Waals surface area contributed by atoms with Crippen LogP contribution < -0.4 is 15.5 Å². The molecule has 1 saturated carbocycles. The Labute approximate surface area is 141 Å². The molecule has 2 amide bonds. The summed E-state index contributed by atoms with van der Waals surface area (Å²) in [4.78, 5) is 22.9. The van der Waals surface area contributed by atoms with Gasteiger partial charge >= 0.3 is 6.03 Å². The van der Waals surface area contributed by atoms with Crippen LogP contribution in [0, 0.1) is 0 Å². The van der Waals surface area contributed by atoms with Crippen molar-refractivity contribution in [3.63, 3.8) is 0 Å². The molecule has 2 fully saturated rings. The Morgan fingerprint density at radius 3 is 2.83 bits per heavy atom. The van der Waals surface area contributed by atoms with Gasteiger partial charge in [0.2, 0.25) is 5.95 Å². The lowest BCUT2D eigenvalue weighted by Gasteiger charge is -2.40. The van der Waals surface area contributed by atoms with Crippen LogP contribution in [-0.4, -0.2) is 52.7 Å². The molecule has 1 aliphatic carbocycles. The topological polar surface area (TPSA) is 70.2 Å². The van der Waals surface area contributed by atoms with Crippen LogP contribution in [0.4, 0.5) is 10.7 Å². The van der Waals surface area contributed by atoms with E-state index in [1.165, 1.54) is 19.3 Å². The second-order valence-corrected chi connectivity index (χ2v) is 7.68. The smallest absolute Gasteiger partial charge is 0.315 e. The van der Waals surface area contributed by atoms with Crippen molar-refractivity contribution >= 4 is 23.7 Å². The van der Waals surface area contributed by atoms with Gasteiger partial charge in [0, 0.05) is 42.8 Å². The molecular formula is C16H25N5OS. The first-order valence-electron chi connectivity index (χ1n) is 8.32. The molecule has 1 aliphatic heterocycles. The standard InChI is InChI=1S/C16H25N5OS/c1-23-16(6-3-7-16)12-19-15(22)20-13-5-2-10-21(11-13)14-17-8-4-9-18-14/h4,8-9,13H,2-3,5-7,10-12H2,1H3,(H2,19,20,22)/t13-/m0/s1. The van der Waals surface area contributed by atoms with E-state index in [9.17, 15) is 4.79 Å². The van der Waals surface area contributed by atoms with Crippen LogP contribution in [0.15, 0.2) is 18.5 Å². The maximum absolute atomic E-state index is 12.2. The quantitative estimate of drug-likeness (QED) is 0.862. The third kappa shape index (κ3) is 4.07. The van der Waals surface area contributed by atoms with Crippen molar-refractivity contribution in [3.05, 3.63) is 18.5 Å². The van der Waals surface area contributed by atoms with Crippen molar-refractivity contribution in [2.24, 2.45) is 0 Å². The number of aromatic nitrogens is 2. The zero-order chi connectivity index (χ0) is 16.1. The van der Waals surface area contributed by atoms with Crippen molar-refractivity contribution in [2.45, 2.75) is 42.9 Å². The van der Waals surface area contributed by atoms with Gasteiger partial charge in [0.15, 0.2) is 0 Å². The number of nitrogens with zero attached hydrogens (tertiary/aromatic N) is 3. The van der Waals surface area contributed by atoms with E-state index < -0.39 is 0 Å². The number of carbonyl (C=O) groups is 1. The molecule has 1 aromatic heterocycles. The number of piperidine rings is 1. The van der Waals surface area contributed by atoms with Gasteiger partial charge in [-0.25, -0.2) is 14.8 Å². The lowest BCUT2D eigenvalue weighted by molar-refractivity contribution is 0.230. The summed E-state index contributed by atoms with van der Waals surface area (Å²) in [6.45, 7) is 2.47. The van der Waals surface area contributed by atoms with Gasteiger partial charge in [-0.05, 0) is 38.0 Å². The molecule has 23 heavy (non-hydrogen) atoms. The van der Waals surface area contributed by atoms with Crippen LogP contribution in [0.3, 0.4) is 0 Å². The number of anilines is 1. The van der Waals surface area contributed by atoms with Crippen LogP contribution >= 0.6 is 11.8 Å². The Morgan fingerprint density at radius 1 is 1.39 bits per heavy atom. The molecule has 0 aromatic carbocycles. The van der Waals surface area contributed by atoms with Crippen molar-refractivity contribution in [2.75, 3.05) is 30.8 Å². The van der Waals surface area contributed by atoms with Crippen molar-refractivity contribution in [3.8, 4) is 0 Å². The van der Waals surface area contributed by atoms with Gasteiger partial charge < -0.3 is 15.5 Å². The molecule has 0 bridgehead atoms. The summed E-state index contributed by atoms with van der Waals surface area (Å²) in [5.41, 5.74) is 0. The van der Waals surface area contributed by atoms with Gasteiger partial charge in [0.05, 0.1) is 0 Å². The molecule has 0 radical (unpaired) electrons. The zero-order valence-electron chi connectivity index (χ0n) is 13.6. The van der Waals surface area contributed by atoms with Crippen LogP contribution in [0.5, 0.6) is 0 Å². The lowest BCUT2D eigenvalue weighted by atomic mass is 9.84. The molecule has 0 unspecified atom stereocenters. The summed E-state index contributed by atoms with van der Waals surface area (Å²) in [6.07, 6.45) is 11.4. The normalized spacial score (nSPS) is 23.0. The predicted octanol–water partition coefficient (Wildman–Crippen LogP) is 2.03. The van der Waals surface area contributed by atoms with Crippen molar-refractivity contribution in [1.29, 1.82) is 0 Å². The highest BCUT2D eigenvalue weighted by Gasteiger charge is 2.36. The second-order valence-electron chi connectivity index (χ2n) is 6.40.